The second-order valence-electron chi connectivity index (χ2n) is 5.77. The minimum atomic E-state index is -4.02. The van der Waals surface area contributed by atoms with Crippen molar-refractivity contribution in [2.75, 3.05) is 5.73 Å². The molecule has 0 fully saturated rings. The average molecular weight is 313 g/mol. The number of aryl methyl sites for hydroxylation is 2. The molecule has 3 heterocycles. The number of rotatable bonds is 1. The molecule has 0 bridgehead atoms. The van der Waals surface area contributed by atoms with Crippen LogP contribution in [0, 0.1) is 13.8 Å². The van der Waals surface area contributed by atoms with Gasteiger partial charge < -0.3 is 14.4 Å². The Labute approximate surface area is 131 Å². The molecule has 0 atom stereocenters. The van der Waals surface area contributed by atoms with Crippen molar-refractivity contribution in [3.63, 3.8) is 0 Å². The van der Waals surface area contributed by atoms with Crippen LogP contribution in [0.2, 0.25) is 0 Å². The molecule has 5 nitrogen and oxygen atoms in total. The van der Waals surface area contributed by atoms with Crippen molar-refractivity contribution in [2.24, 2.45) is 0 Å². The highest BCUT2D eigenvalue weighted by atomic mass is 19.2. The van der Waals surface area contributed by atoms with E-state index in [1.54, 1.807) is 44.2 Å². The molecule has 2 N–H and O–H groups in total. The zero-order chi connectivity index (χ0) is 16.4. The fourth-order valence-corrected chi connectivity index (χ4v) is 3.40. The van der Waals surface area contributed by atoms with Gasteiger partial charge in [0.25, 0.3) is 0 Å². The second-order valence-corrected chi connectivity index (χ2v) is 5.77. The number of nitrogens with zero attached hydrogens (tertiary/aromatic N) is 4. The van der Waals surface area contributed by atoms with Crippen LogP contribution >= 0.6 is 0 Å². The quantitative estimate of drug-likeness (QED) is 0.690. The largest absolute Gasteiger partial charge is 0.671 e. The molecule has 1 aromatic carbocycles. The summed E-state index contributed by atoms with van der Waals surface area (Å²) in [7, 11) is 0. The Morgan fingerprint density at radius 3 is 2.52 bits per heavy atom. The standard InChI is InChI=1S/C15H14BF2N5/c1-9-8-10(2)23-16(17,18)13-12(11-6-4-3-5-7-11)14(19)20-21-15(13)22(9)23/h3-8H,1-2H3,(H2,19,20). The summed E-state index contributed by atoms with van der Waals surface area (Å²) in [6, 6.07) is 10.6. The van der Waals surface area contributed by atoms with Crippen LogP contribution in [0.25, 0.3) is 16.9 Å². The summed E-state index contributed by atoms with van der Waals surface area (Å²) in [5, 5.41) is 7.87. The van der Waals surface area contributed by atoms with Crippen LogP contribution in [0.15, 0.2) is 36.4 Å². The highest BCUT2D eigenvalue weighted by Crippen LogP contribution is 2.30. The number of nitrogens with two attached hydrogens (primary N) is 1. The molecule has 8 heteroatoms. The highest BCUT2D eigenvalue weighted by Gasteiger charge is 2.56. The maximum absolute atomic E-state index is 15.2. The molecule has 0 saturated heterocycles. The molecule has 1 aliphatic heterocycles. The van der Waals surface area contributed by atoms with E-state index in [9.17, 15) is 0 Å². The first-order valence-electron chi connectivity index (χ1n) is 7.28. The number of halogens is 2. The third kappa shape index (κ3) is 1.68. The zero-order valence-corrected chi connectivity index (χ0v) is 12.7. The maximum Gasteiger partial charge on any atom is 0.671 e. The van der Waals surface area contributed by atoms with E-state index in [2.05, 4.69) is 10.2 Å². The summed E-state index contributed by atoms with van der Waals surface area (Å²) in [6.45, 7) is -0.595. The Morgan fingerprint density at radius 1 is 1.13 bits per heavy atom. The Hall–Kier alpha value is -2.77. The lowest BCUT2D eigenvalue weighted by molar-refractivity contribution is -0.644. The van der Waals surface area contributed by atoms with Crippen LogP contribution in [-0.2, 0) is 0 Å². The summed E-state index contributed by atoms with van der Waals surface area (Å²) >= 11 is 0. The maximum atomic E-state index is 15.2. The van der Waals surface area contributed by atoms with Crippen LogP contribution in [0.4, 0.5) is 14.4 Å². The van der Waals surface area contributed by atoms with E-state index >= 15 is 8.63 Å². The van der Waals surface area contributed by atoms with E-state index in [4.69, 9.17) is 5.73 Å². The predicted octanol–water partition coefficient (Wildman–Crippen LogP) is 1.37. The van der Waals surface area contributed by atoms with Crippen molar-refractivity contribution < 1.29 is 13.2 Å². The van der Waals surface area contributed by atoms with Crippen molar-refractivity contribution >= 4 is 18.1 Å². The van der Waals surface area contributed by atoms with E-state index in [0.717, 1.165) is 4.59 Å². The number of anilines is 1. The van der Waals surface area contributed by atoms with Crippen LogP contribution in [0.1, 0.15) is 11.4 Å². The number of benzene rings is 1. The molecular formula is C15H14BF2N5. The van der Waals surface area contributed by atoms with Gasteiger partial charge in [-0.25, -0.2) is 0 Å². The van der Waals surface area contributed by atoms with Gasteiger partial charge in [-0.05, 0) is 12.5 Å². The fraction of sp³-hybridized carbons (Fsp3) is 0.133. The monoisotopic (exact) mass is 313 g/mol. The summed E-state index contributed by atoms with van der Waals surface area (Å²) in [6.07, 6.45) is 0. The Morgan fingerprint density at radius 2 is 1.83 bits per heavy atom. The van der Waals surface area contributed by atoms with Gasteiger partial charge in [0.1, 0.15) is 0 Å². The smallest absolute Gasteiger partial charge is 0.406 e. The van der Waals surface area contributed by atoms with Crippen molar-refractivity contribution in [2.45, 2.75) is 13.8 Å². The molecule has 1 aliphatic rings. The van der Waals surface area contributed by atoms with E-state index < -0.39 is 6.84 Å². The van der Waals surface area contributed by atoms with Gasteiger partial charge in [0.2, 0.25) is 0 Å². The number of fused-ring (bicyclic) bond motifs is 3. The first-order valence-corrected chi connectivity index (χ1v) is 7.28. The molecular weight excluding hydrogens is 299 g/mol. The van der Waals surface area contributed by atoms with E-state index in [1.807, 2.05) is 6.07 Å². The fourth-order valence-electron chi connectivity index (χ4n) is 3.40. The van der Waals surface area contributed by atoms with E-state index in [-0.39, 0.29) is 22.7 Å². The van der Waals surface area contributed by atoms with E-state index in [1.165, 1.54) is 4.68 Å². The number of nitrogen functional groups attached to an aromatic ring is 1. The lowest BCUT2D eigenvalue weighted by Crippen LogP contribution is -2.66. The van der Waals surface area contributed by atoms with Gasteiger partial charge in [0, 0.05) is 24.0 Å². The topological polar surface area (TPSA) is 60.6 Å². The van der Waals surface area contributed by atoms with Crippen molar-refractivity contribution in [3.05, 3.63) is 47.8 Å². The SMILES string of the molecule is Cc1cc(C)[n+]2n1-c1nnc(N)c(-c3ccccc3)c1[B-]2(F)F. The zero-order valence-electron chi connectivity index (χ0n) is 12.7. The lowest BCUT2D eigenvalue weighted by Gasteiger charge is -2.15. The van der Waals surface area contributed by atoms with Gasteiger partial charge in [0.15, 0.2) is 17.3 Å². The van der Waals surface area contributed by atoms with Crippen molar-refractivity contribution in [1.82, 2.24) is 14.9 Å². The summed E-state index contributed by atoms with van der Waals surface area (Å²) < 4.78 is 32.8. The average Bonchev–Trinajstić information content (AvgIpc) is 2.95. The molecule has 0 unspecified atom stereocenters. The predicted molar refractivity (Wildman–Crippen MR) is 83.9 cm³/mol. The molecule has 23 heavy (non-hydrogen) atoms. The van der Waals surface area contributed by atoms with Crippen molar-refractivity contribution in [1.29, 1.82) is 0 Å². The second kappa shape index (κ2) is 4.38. The first-order chi connectivity index (χ1) is 10.9. The molecule has 0 saturated carbocycles. The molecule has 0 aliphatic carbocycles. The van der Waals surface area contributed by atoms with Crippen LogP contribution < -0.4 is 15.8 Å². The van der Waals surface area contributed by atoms with Gasteiger partial charge >= 0.3 is 6.84 Å². The third-order valence-corrected chi connectivity index (χ3v) is 4.27. The highest BCUT2D eigenvalue weighted by molar-refractivity contribution is 6.75. The molecule has 4 rings (SSSR count). The molecule has 3 aromatic rings. The van der Waals surface area contributed by atoms with Gasteiger partial charge in [0.05, 0.1) is 5.69 Å². The van der Waals surface area contributed by atoms with Gasteiger partial charge in [-0.3, -0.25) is 4.59 Å². The number of hydrogen-bond acceptors (Lipinski definition) is 3. The summed E-state index contributed by atoms with van der Waals surface area (Å²) in [5.74, 6) is 0.159. The molecule has 2 aromatic heterocycles. The molecule has 0 radical (unpaired) electrons. The molecule has 0 spiro atoms. The Kier molecular flexibility index (Phi) is 2.64. The lowest BCUT2D eigenvalue weighted by atomic mass is 9.69. The molecule has 116 valence electrons. The van der Waals surface area contributed by atoms with Crippen LogP contribution in [0.5, 0.6) is 0 Å². The van der Waals surface area contributed by atoms with Gasteiger partial charge in [-0.15, -0.1) is 10.2 Å². The van der Waals surface area contributed by atoms with Crippen molar-refractivity contribution in [3.8, 4) is 16.9 Å². The third-order valence-electron chi connectivity index (χ3n) is 4.27. The van der Waals surface area contributed by atoms with Crippen LogP contribution in [0.3, 0.4) is 0 Å². The summed E-state index contributed by atoms with van der Waals surface area (Å²) in [5.41, 5.74) is 7.79. The number of hydrogen-bond donors (Lipinski definition) is 1. The summed E-state index contributed by atoms with van der Waals surface area (Å²) in [4.78, 5) is 0. The van der Waals surface area contributed by atoms with Gasteiger partial charge in [-0.2, -0.15) is 4.68 Å². The Bertz CT molecular complexity index is 937. The minimum Gasteiger partial charge on any atom is -0.406 e. The Balaban J connectivity index is 2.12. The minimum absolute atomic E-state index is 0.0122. The first kappa shape index (κ1) is 13.9. The van der Waals surface area contributed by atoms with Crippen LogP contribution in [-0.4, -0.2) is 21.7 Å². The molecule has 0 amide bonds. The van der Waals surface area contributed by atoms with E-state index in [0.29, 0.717) is 17.0 Å². The normalized spacial score (nSPS) is 14.6. The van der Waals surface area contributed by atoms with Gasteiger partial charge in [-0.1, -0.05) is 30.3 Å². The number of aromatic nitrogens is 4.